The van der Waals surface area contributed by atoms with Crippen molar-refractivity contribution in [2.75, 3.05) is 67.6 Å². The molecule has 0 spiro atoms. The molecular weight excluding hydrogens is 440 g/mol. The van der Waals surface area contributed by atoms with Gasteiger partial charge >= 0.3 is 0 Å². The molecule has 1 aromatic heterocycles. The topological polar surface area (TPSA) is 82.1 Å². The summed E-state index contributed by atoms with van der Waals surface area (Å²) in [7, 11) is 1.68. The molecule has 3 aliphatic heterocycles. The molecule has 1 atom stereocenters. The van der Waals surface area contributed by atoms with Crippen molar-refractivity contribution in [1.29, 1.82) is 0 Å². The van der Waals surface area contributed by atoms with Gasteiger partial charge in [0.25, 0.3) is 0 Å². The van der Waals surface area contributed by atoms with Crippen LogP contribution < -0.4 is 19.4 Å². The fourth-order valence-corrected chi connectivity index (χ4v) is 5.82. The van der Waals surface area contributed by atoms with Gasteiger partial charge in [0.15, 0.2) is 0 Å². The Hall–Kier alpha value is -2.88. The number of aromatic nitrogens is 2. The fraction of sp³-hybridized carbons (Fsp3) is 0.565. The Morgan fingerprint density at radius 3 is 2.61 bits per heavy atom. The Kier molecular flexibility index (Phi) is 6.34. The van der Waals surface area contributed by atoms with Crippen LogP contribution in [-0.2, 0) is 9.59 Å². The molecule has 3 saturated heterocycles. The quantitative estimate of drug-likeness (QED) is 0.663. The zero-order chi connectivity index (χ0) is 22.8. The molecule has 33 heavy (non-hydrogen) atoms. The molecule has 9 nitrogen and oxygen atoms in total. The Morgan fingerprint density at radius 1 is 1.03 bits per heavy atom. The van der Waals surface area contributed by atoms with Crippen LogP contribution >= 0.6 is 11.3 Å². The molecular formula is C23H30N6O3S. The summed E-state index contributed by atoms with van der Waals surface area (Å²) in [4.78, 5) is 33.5. The smallest absolute Gasteiger partial charge is 0.228 e. The van der Waals surface area contributed by atoms with E-state index in [0.29, 0.717) is 18.1 Å². The molecule has 2 aromatic rings. The van der Waals surface area contributed by atoms with E-state index in [9.17, 15) is 9.59 Å². The summed E-state index contributed by atoms with van der Waals surface area (Å²) in [6.07, 6.45) is 3.32. The van der Waals surface area contributed by atoms with Gasteiger partial charge in [0.05, 0.1) is 13.0 Å². The Morgan fingerprint density at radius 2 is 1.85 bits per heavy atom. The highest BCUT2D eigenvalue weighted by Crippen LogP contribution is 2.33. The Bertz CT molecular complexity index is 1010. The minimum Gasteiger partial charge on any atom is -0.497 e. The van der Waals surface area contributed by atoms with Crippen molar-refractivity contribution < 1.29 is 14.3 Å². The first kappa shape index (κ1) is 21.9. The number of hydrogen-bond acceptors (Lipinski definition) is 8. The third-order valence-corrected chi connectivity index (χ3v) is 7.77. The predicted molar refractivity (Wildman–Crippen MR) is 128 cm³/mol. The zero-order valence-corrected chi connectivity index (χ0v) is 19.8. The van der Waals surface area contributed by atoms with Crippen LogP contribution in [0, 0.1) is 5.92 Å². The number of piperidine rings is 1. The van der Waals surface area contributed by atoms with Gasteiger partial charge in [-0.25, -0.2) is 0 Å². The van der Waals surface area contributed by atoms with Gasteiger partial charge in [-0.15, -0.1) is 10.2 Å². The van der Waals surface area contributed by atoms with Gasteiger partial charge in [-0.05, 0) is 31.4 Å². The van der Waals surface area contributed by atoms with Crippen LogP contribution in [-0.4, -0.2) is 79.8 Å². The molecule has 5 rings (SSSR count). The zero-order valence-electron chi connectivity index (χ0n) is 19.0. The van der Waals surface area contributed by atoms with E-state index >= 15 is 0 Å². The molecule has 3 aliphatic rings. The lowest BCUT2D eigenvalue weighted by atomic mass is 9.96. The highest BCUT2D eigenvalue weighted by Gasteiger charge is 2.33. The summed E-state index contributed by atoms with van der Waals surface area (Å²) < 4.78 is 5.34. The van der Waals surface area contributed by atoms with E-state index in [0.717, 1.165) is 75.1 Å². The lowest BCUT2D eigenvalue weighted by molar-refractivity contribution is -0.136. The second-order valence-electron chi connectivity index (χ2n) is 8.82. The standard InChI is InChI=1S/C23H30N6O3S/c1-32-19-7-2-6-18(15-19)26-11-13-27(14-12-26)21(31)17-5-3-9-28(16-17)22-24-25-23(33-22)29-10-4-8-20(29)30/h2,6-7,15,17H,3-5,8-14,16H2,1H3/t17-/m1/s1. The number of methoxy groups -OCH3 is 1. The number of carbonyl (C=O) groups is 2. The number of carbonyl (C=O) groups excluding carboxylic acids is 2. The van der Waals surface area contributed by atoms with Gasteiger partial charge in [0, 0.05) is 64.0 Å². The van der Waals surface area contributed by atoms with Crippen LogP contribution in [0.1, 0.15) is 25.7 Å². The first-order chi connectivity index (χ1) is 16.1. The van der Waals surface area contributed by atoms with Crippen LogP contribution in [0.5, 0.6) is 5.75 Å². The highest BCUT2D eigenvalue weighted by molar-refractivity contribution is 7.19. The average Bonchev–Trinajstić information content (AvgIpc) is 3.53. The van der Waals surface area contributed by atoms with Crippen LogP contribution in [0.2, 0.25) is 0 Å². The normalized spacial score (nSPS) is 21.6. The summed E-state index contributed by atoms with van der Waals surface area (Å²) in [5.74, 6) is 1.19. The molecule has 0 N–H and O–H groups in total. The third-order valence-electron chi connectivity index (χ3n) is 6.76. The number of hydrogen-bond donors (Lipinski definition) is 0. The average molecular weight is 471 g/mol. The Balaban J connectivity index is 1.18. The number of benzene rings is 1. The molecule has 0 radical (unpaired) electrons. The molecule has 176 valence electrons. The molecule has 3 fully saturated rings. The van der Waals surface area contributed by atoms with E-state index in [1.165, 1.54) is 11.3 Å². The second kappa shape index (κ2) is 9.54. The van der Waals surface area contributed by atoms with Gasteiger partial charge < -0.3 is 19.4 Å². The van der Waals surface area contributed by atoms with Crippen LogP contribution in [0.15, 0.2) is 24.3 Å². The first-order valence-corrected chi connectivity index (χ1v) is 12.5. The van der Waals surface area contributed by atoms with Gasteiger partial charge in [0.1, 0.15) is 5.75 Å². The predicted octanol–water partition coefficient (Wildman–Crippen LogP) is 2.24. The van der Waals surface area contributed by atoms with E-state index in [2.05, 4.69) is 26.1 Å². The maximum Gasteiger partial charge on any atom is 0.228 e. The number of nitrogens with zero attached hydrogens (tertiary/aromatic N) is 6. The lowest BCUT2D eigenvalue weighted by Gasteiger charge is -2.39. The number of ether oxygens (including phenoxy) is 1. The number of rotatable bonds is 5. The lowest BCUT2D eigenvalue weighted by Crippen LogP contribution is -2.52. The third kappa shape index (κ3) is 4.62. The maximum absolute atomic E-state index is 13.3. The summed E-state index contributed by atoms with van der Waals surface area (Å²) in [6.45, 7) is 5.35. The van der Waals surface area contributed by atoms with Crippen LogP contribution in [0.3, 0.4) is 0 Å². The van der Waals surface area contributed by atoms with Crippen molar-refractivity contribution in [3.63, 3.8) is 0 Å². The molecule has 0 saturated carbocycles. The van der Waals surface area contributed by atoms with E-state index in [1.54, 1.807) is 12.0 Å². The molecule has 1 aromatic carbocycles. The van der Waals surface area contributed by atoms with E-state index in [-0.39, 0.29) is 17.7 Å². The summed E-state index contributed by atoms with van der Waals surface area (Å²) in [5, 5.41) is 10.1. The van der Waals surface area contributed by atoms with Crippen molar-refractivity contribution in [1.82, 2.24) is 15.1 Å². The minimum absolute atomic E-state index is 0.0251. The molecule has 4 heterocycles. The van der Waals surface area contributed by atoms with Crippen molar-refractivity contribution in [2.24, 2.45) is 5.92 Å². The van der Waals surface area contributed by atoms with Crippen molar-refractivity contribution in [2.45, 2.75) is 25.7 Å². The summed E-state index contributed by atoms with van der Waals surface area (Å²) in [6, 6.07) is 8.08. The first-order valence-electron chi connectivity index (χ1n) is 11.7. The summed E-state index contributed by atoms with van der Waals surface area (Å²) >= 11 is 1.46. The van der Waals surface area contributed by atoms with E-state index in [1.807, 2.05) is 23.1 Å². The van der Waals surface area contributed by atoms with E-state index in [4.69, 9.17) is 4.74 Å². The Labute approximate surface area is 197 Å². The second-order valence-corrected chi connectivity index (χ2v) is 9.75. The van der Waals surface area contributed by atoms with Crippen LogP contribution in [0.4, 0.5) is 16.0 Å². The van der Waals surface area contributed by atoms with Gasteiger partial charge in [-0.1, -0.05) is 17.4 Å². The fourth-order valence-electron chi connectivity index (χ4n) is 4.90. The summed E-state index contributed by atoms with van der Waals surface area (Å²) in [5.41, 5.74) is 1.13. The van der Waals surface area contributed by atoms with Crippen molar-refractivity contribution in [3.8, 4) is 5.75 Å². The van der Waals surface area contributed by atoms with E-state index < -0.39 is 0 Å². The monoisotopic (exact) mass is 470 g/mol. The van der Waals surface area contributed by atoms with Gasteiger partial charge in [0.2, 0.25) is 22.1 Å². The molecule has 0 bridgehead atoms. The molecule has 0 unspecified atom stereocenters. The highest BCUT2D eigenvalue weighted by atomic mass is 32.1. The number of amides is 2. The molecule has 2 amide bonds. The molecule has 0 aliphatic carbocycles. The number of anilines is 3. The van der Waals surface area contributed by atoms with Crippen molar-refractivity contribution >= 4 is 39.1 Å². The van der Waals surface area contributed by atoms with Crippen molar-refractivity contribution in [3.05, 3.63) is 24.3 Å². The van der Waals surface area contributed by atoms with Crippen LogP contribution in [0.25, 0.3) is 0 Å². The SMILES string of the molecule is COc1cccc(N2CCN(C(=O)[C@@H]3CCCN(c4nnc(N5CCCC5=O)s4)C3)CC2)c1. The number of piperazine rings is 1. The molecule has 10 heteroatoms. The van der Waals surface area contributed by atoms with Gasteiger partial charge in [-0.2, -0.15) is 0 Å². The maximum atomic E-state index is 13.3. The minimum atomic E-state index is -0.0251. The largest absolute Gasteiger partial charge is 0.497 e. The van der Waals surface area contributed by atoms with Gasteiger partial charge in [-0.3, -0.25) is 14.5 Å².